The zero-order chi connectivity index (χ0) is 16.6. The second-order valence-corrected chi connectivity index (χ2v) is 5.60. The van der Waals surface area contributed by atoms with Gasteiger partial charge in [0.2, 0.25) is 5.91 Å². The van der Waals surface area contributed by atoms with Crippen molar-refractivity contribution >= 4 is 22.6 Å². The second-order valence-electron chi connectivity index (χ2n) is 5.60. The largest absolute Gasteiger partial charge is 0.423 e. The molecule has 2 aromatic heterocycles. The van der Waals surface area contributed by atoms with Crippen LogP contribution in [-0.4, -0.2) is 15.7 Å². The van der Waals surface area contributed by atoms with Gasteiger partial charge in [0.05, 0.1) is 12.1 Å². The molecular formula is C17H17N3O3. The van der Waals surface area contributed by atoms with E-state index < -0.39 is 5.63 Å². The summed E-state index contributed by atoms with van der Waals surface area (Å²) in [7, 11) is 1.82. The summed E-state index contributed by atoms with van der Waals surface area (Å²) in [6, 6.07) is 6.74. The van der Waals surface area contributed by atoms with E-state index in [-0.39, 0.29) is 12.3 Å². The molecule has 118 valence electrons. The smallest absolute Gasteiger partial charge is 0.336 e. The van der Waals surface area contributed by atoms with Crippen molar-refractivity contribution in [3.8, 4) is 0 Å². The molecule has 0 fully saturated rings. The first-order valence-electron chi connectivity index (χ1n) is 7.26. The summed E-state index contributed by atoms with van der Waals surface area (Å²) in [5.74, 6) is -0.143. The van der Waals surface area contributed by atoms with Crippen molar-refractivity contribution in [2.45, 2.75) is 20.3 Å². The van der Waals surface area contributed by atoms with Gasteiger partial charge < -0.3 is 9.73 Å². The highest BCUT2D eigenvalue weighted by molar-refractivity contribution is 5.94. The van der Waals surface area contributed by atoms with Crippen LogP contribution in [0.15, 0.2) is 39.7 Å². The number of carbonyl (C=O) groups excluding carboxylic acids is 1. The van der Waals surface area contributed by atoms with Gasteiger partial charge >= 0.3 is 5.63 Å². The highest BCUT2D eigenvalue weighted by Crippen LogP contribution is 2.21. The molecule has 0 aliphatic heterocycles. The molecule has 0 unspecified atom stereocenters. The average molecular weight is 311 g/mol. The topological polar surface area (TPSA) is 77.1 Å². The summed E-state index contributed by atoms with van der Waals surface area (Å²) in [4.78, 5) is 23.6. The lowest BCUT2D eigenvalue weighted by atomic mass is 10.1. The van der Waals surface area contributed by atoms with E-state index in [1.165, 1.54) is 6.07 Å². The molecule has 3 aromatic rings. The van der Waals surface area contributed by atoms with Crippen molar-refractivity contribution in [2.75, 3.05) is 5.32 Å². The van der Waals surface area contributed by atoms with Crippen LogP contribution in [0.3, 0.4) is 0 Å². The number of hydrogen-bond acceptors (Lipinski definition) is 4. The predicted octanol–water partition coefficient (Wildman–Crippen LogP) is 2.32. The Morgan fingerprint density at radius 2 is 2.09 bits per heavy atom. The lowest BCUT2D eigenvalue weighted by molar-refractivity contribution is -0.115. The SMILES string of the molecule is Cc1nn(C)cc1CC(=O)Nc1ccc2c(C)cc(=O)oc2c1. The molecule has 1 N–H and O–H groups in total. The predicted molar refractivity (Wildman–Crippen MR) is 87.5 cm³/mol. The number of fused-ring (bicyclic) bond motifs is 1. The van der Waals surface area contributed by atoms with Crippen LogP contribution >= 0.6 is 0 Å². The molecule has 2 heterocycles. The fourth-order valence-electron chi connectivity index (χ4n) is 2.60. The average Bonchev–Trinajstić information content (AvgIpc) is 2.75. The van der Waals surface area contributed by atoms with Crippen molar-refractivity contribution in [3.05, 3.63) is 57.7 Å². The Hall–Kier alpha value is -2.89. The molecule has 0 saturated heterocycles. The molecule has 6 heteroatoms. The summed E-state index contributed by atoms with van der Waals surface area (Å²) >= 11 is 0. The van der Waals surface area contributed by atoms with Gasteiger partial charge in [0.25, 0.3) is 0 Å². The first-order chi connectivity index (χ1) is 10.9. The van der Waals surface area contributed by atoms with Crippen LogP contribution in [-0.2, 0) is 18.3 Å². The molecule has 0 saturated carbocycles. The van der Waals surface area contributed by atoms with Crippen molar-refractivity contribution in [3.63, 3.8) is 0 Å². The van der Waals surface area contributed by atoms with E-state index in [0.717, 1.165) is 22.2 Å². The van der Waals surface area contributed by atoms with Crippen LogP contribution in [0.4, 0.5) is 5.69 Å². The minimum Gasteiger partial charge on any atom is -0.423 e. The molecule has 23 heavy (non-hydrogen) atoms. The highest BCUT2D eigenvalue weighted by Gasteiger charge is 2.10. The van der Waals surface area contributed by atoms with Crippen molar-refractivity contribution in [2.24, 2.45) is 7.05 Å². The van der Waals surface area contributed by atoms with Gasteiger partial charge in [-0.1, -0.05) is 0 Å². The highest BCUT2D eigenvalue weighted by atomic mass is 16.4. The summed E-state index contributed by atoms with van der Waals surface area (Å²) in [6.45, 7) is 3.72. The number of amides is 1. The van der Waals surface area contributed by atoms with Crippen LogP contribution in [0.2, 0.25) is 0 Å². The molecule has 0 spiro atoms. The number of nitrogens with one attached hydrogen (secondary N) is 1. The second kappa shape index (κ2) is 5.72. The quantitative estimate of drug-likeness (QED) is 0.753. The number of benzene rings is 1. The minimum atomic E-state index is -0.399. The number of aryl methyl sites for hydroxylation is 3. The lowest BCUT2D eigenvalue weighted by Crippen LogP contribution is -2.14. The lowest BCUT2D eigenvalue weighted by Gasteiger charge is -2.06. The number of nitrogens with zero attached hydrogens (tertiary/aromatic N) is 2. The molecule has 3 rings (SSSR count). The van der Waals surface area contributed by atoms with Crippen LogP contribution in [0.25, 0.3) is 11.0 Å². The third kappa shape index (κ3) is 3.15. The fourth-order valence-corrected chi connectivity index (χ4v) is 2.60. The fraction of sp³-hybridized carbons (Fsp3) is 0.235. The first-order valence-corrected chi connectivity index (χ1v) is 7.26. The van der Waals surface area contributed by atoms with E-state index >= 15 is 0 Å². The van der Waals surface area contributed by atoms with E-state index in [2.05, 4.69) is 10.4 Å². The van der Waals surface area contributed by atoms with E-state index in [4.69, 9.17) is 4.42 Å². The molecule has 0 bridgehead atoms. The maximum atomic E-state index is 12.2. The number of aromatic nitrogens is 2. The van der Waals surface area contributed by atoms with Gasteiger partial charge in [-0.05, 0) is 31.5 Å². The Morgan fingerprint density at radius 1 is 1.30 bits per heavy atom. The number of rotatable bonds is 3. The maximum Gasteiger partial charge on any atom is 0.336 e. The van der Waals surface area contributed by atoms with Crippen LogP contribution in [0.5, 0.6) is 0 Å². The molecule has 6 nitrogen and oxygen atoms in total. The molecule has 1 amide bonds. The monoisotopic (exact) mass is 311 g/mol. The Balaban J connectivity index is 1.82. The maximum absolute atomic E-state index is 12.2. The summed E-state index contributed by atoms with van der Waals surface area (Å²) in [6.07, 6.45) is 2.08. The zero-order valence-corrected chi connectivity index (χ0v) is 13.2. The Morgan fingerprint density at radius 3 is 2.78 bits per heavy atom. The Kier molecular flexibility index (Phi) is 3.73. The minimum absolute atomic E-state index is 0.143. The molecule has 0 aliphatic carbocycles. The first kappa shape index (κ1) is 15.0. The van der Waals surface area contributed by atoms with Crippen molar-refractivity contribution in [1.29, 1.82) is 0 Å². The van der Waals surface area contributed by atoms with Gasteiger partial charge in [-0.15, -0.1) is 0 Å². The third-order valence-electron chi connectivity index (χ3n) is 3.70. The number of anilines is 1. The molecule has 0 atom stereocenters. The zero-order valence-electron chi connectivity index (χ0n) is 13.2. The van der Waals surface area contributed by atoms with Crippen molar-refractivity contribution < 1.29 is 9.21 Å². The number of hydrogen-bond donors (Lipinski definition) is 1. The summed E-state index contributed by atoms with van der Waals surface area (Å²) in [5.41, 5.74) is 3.23. The molecule has 0 aliphatic rings. The third-order valence-corrected chi connectivity index (χ3v) is 3.70. The molecule has 1 aromatic carbocycles. The van der Waals surface area contributed by atoms with Crippen LogP contribution in [0, 0.1) is 13.8 Å². The molecular weight excluding hydrogens is 294 g/mol. The van der Waals surface area contributed by atoms with E-state index in [1.54, 1.807) is 16.8 Å². The van der Waals surface area contributed by atoms with E-state index in [9.17, 15) is 9.59 Å². The van der Waals surface area contributed by atoms with E-state index in [0.29, 0.717) is 11.3 Å². The summed E-state index contributed by atoms with van der Waals surface area (Å²) < 4.78 is 6.87. The van der Waals surface area contributed by atoms with Crippen LogP contribution < -0.4 is 10.9 Å². The van der Waals surface area contributed by atoms with Gasteiger partial charge in [0.1, 0.15) is 5.58 Å². The van der Waals surface area contributed by atoms with Crippen LogP contribution in [0.1, 0.15) is 16.8 Å². The Labute approximate surface area is 132 Å². The van der Waals surface area contributed by atoms with E-state index in [1.807, 2.05) is 33.2 Å². The van der Waals surface area contributed by atoms with Gasteiger partial charge in [-0.25, -0.2) is 4.79 Å². The molecule has 0 radical (unpaired) electrons. The van der Waals surface area contributed by atoms with Gasteiger partial charge in [0, 0.05) is 42.0 Å². The Bertz CT molecular complexity index is 953. The number of carbonyl (C=O) groups is 1. The van der Waals surface area contributed by atoms with Gasteiger partial charge in [-0.2, -0.15) is 5.10 Å². The van der Waals surface area contributed by atoms with Crippen molar-refractivity contribution in [1.82, 2.24) is 9.78 Å². The van der Waals surface area contributed by atoms with Gasteiger partial charge in [0.15, 0.2) is 0 Å². The summed E-state index contributed by atoms with van der Waals surface area (Å²) in [5, 5.41) is 7.89. The van der Waals surface area contributed by atoms with Gasteiger partial charge in [-0.3, -0.25) is 9.48 Å². The normalized spacial score (nSPS) is 10.9. The standard InChI is InChI=1S/C17H17N3O3/c1-10-6-17(22)23-15-8-13(4-5-14(10)15)18-16(21)7-12-9-20(3)19-11(12)2/h4-6,8-9H,7H2,1-3H3,(H,18,21).